The first-order valence-corrected chi connectivity index (χ1v) is 6.86. The van der Waals surface area contributed by atoms with Crippen molar-refractivity contribution in [3.8, 4) is 0 Å². The van der Waals surface area contributed by atoms with Crippen LogP contribution in [0, 0.1) is 17.6 Å². The Hall–Kier alpha value is -0.960. The second kappa shape index (κ2) is 5.79. The molecule has 1 aliphatic rings. The molecular weight excluding hydrogens is 232 g/mol. The fourth-order valence-corrected chi connectivity index (χ4v) is 3.01. The maximum atomic E-state index is 13.8. The van der Waals surface area contributed by atoms with Crippen molar-refractivity contribution in [2.45, 2.75) is 45.1 Å². The van der Waals surface area contributed by atoms with E-state index in [1.807, 2.05) is 0 Å². The zero-order chi connectivity index (χ0) is 13.1. The van der Waals surface area contributed by atoms with Crippen molar-refractivity contribution in [1.29, 1.82) is 0 Å². The average molecular weight is 253 g/mol. The van der Waals surface area contributed by atoms with Crippen molar-refractivity contribution in [1.82, 2.24) is 5.32 Å². The van der Waals surface area contributed by atoms with Gasteiger partial charge in [0.1, 0.15) is 0 Å². The van der Waals surface area contributed by atoms with Crippen molar-refractivity contribution >= 4 is 0 Å². The lowest BCUT2D eigenvalue weighted by Crippen LogP contribution is -2.49. The lowest BCUT2D eigenvalue weighted by atomic mass is 9.65. The molecule has 0 saturated heterocycles. The van der Waals surface area contributed by atoms with Gasteiger partial charge in [0.2, 0.25) is 0 Å². The molecular formula is C15H21F2N. The SMILES string of the molecule is CCCNC1CC(c2cccc(F)c2F)C1CC. The minimum Gasteiger partial charge on any atom is -0.314 e. The molecule has 3 unspecified atom stereocenters. The molecule has 1 aliphatic carbocycles. The van der Waals surface area contributed by atoms with Crippen molar-refractivity contribution < 1.29 is 8.78 Å². The van der Waals surface area contributed by atoms with Crippen LogP contribution in [0.4, 0.5) is 8.78 Å². The summed E-state index contributed by atoms with van der Waals surface area (Å²) in [6, 6.07) is 4.97. The number of rotatable bonds is 5. The van der Waals surface area contributed by atoms with Crippen LogP contribution in [-0.2, 0) is 0 Å². The van der Waals surface area contributed by atoms with E-state index < -0.39 is 11.6 Å². The average Bonchev–Trinajstić information content (AvgIpc) is 2.33. The van der Waals surface area contributed by atoms with Crippen molar-refractivity contribution in [3.05, 3.63) is 35.4 Å². The summed E-state index contributed by atoms with van der Waals surface area (Å²) in [7, 11) is 0. The number of hydrogen-bond donors (Lipinski definition) is 1. The van der Waals surface area contributed by atoms with E-state index in [4.69, 9.17) is 0 Å². The third-order valence-electron chi connectivity index (χ3n) is 4.05. The maximum absolute atomic E-state index is 13.8. The zero-order valence-corrected chi connectivity index (χ0v) is 11.0. The van der Waals surface area contributed by atoms with Gasteiger partial charge in [-0.25, -0.2) is 8.78 Å². The van der Waals surface area contributed by atoms with Crippen LogP contribution in [-0.4, -0.2) is 12.6 Å². The molecule has 3 heteroatoms. The zero-order valence-electron chi connectivity index (χ0n) is 11.0. The second-order valence-electron chi connectivity index (χ2n) is 5.12. The van der Waals surface area contributed by atoms with Gasteiger partial charge in [0.15, 0.2) is 11.6 Å². The molecule has 1 nitrogen and oxygen atoms in total. The molecule has 1 fully saturated rings. The summed E-state index contributed by atoms with van der Waals surface area (Å²) >= 11 is 0. The quantitative estimate of drug-likeness (QED) is 0.840. The topological polar surface area (TPSA) is 12.0 Å². The Morgan fingerprint density at radius 3 is 2.72 bits per heavy atom. The molecule has 0 aromatic heterocycles. The molecule has 0 bridgehead atoms. The van der Waals surface area contributed by atoms with Crippen molar-refractivity contribution in [2.24, 2.45) is 5.92 Å². The minimum atomic E-state index is -0.729. The number of hydrogen-bond acceptors (Lipinski definition) is 1. The van der Waals surface area contributed by atoms with Gasteiger partial charge in [-0.1, -0.05) is 32.4 Å². The highest BCUT2D eigenvalue weighted by Crippen LogP contribution is 2.45. The van der Waals surface area contributed by atoms with Crippen LogP contribution in [0.3, 0.4) is 0 Å². The molecule has 1 aromatic rings. The fourth-order valence-electron chi connectivity index (χ4n) is 3.01. The van der Waals surface area contributed by atoms with Crippen LogP contribution in [0.1, 0.15) is 44.6 Å². The monoisotopic (exact) mass is 253 g/mol. The molecule has 0 heterocycles. The highest BCUT2D eigenvalue weighted by Gasteiger charge is 2.41. The molecule has 0 amide bonds. The van der Waals surface area contributed by atoms with E-state index in [0.717, 1.165) is 25.8 Å². The third kappa shape index (κ3) is 2.41. The maximum Gasteiger partial charge on any atom is 0.162 e. The van der Waals surface area contributed by atoms with Crippen LogP contribution in [0.15, 0.2) is 18.2 Å². The lowest BCUT2D eigenvalue weighted by molar-refractivity contribution is 0.157. The summed E-state index contributed by atoms with van der Waals surface area (Å²) in [5.41, 5.74) is 0.552. The van der Waals surface area contributed by atoms with Gasteiger partial charge in [0, 0.05) is 6.04 Å². The molecule has 1 aromatic carbocycles. The Bertz CT molecular complexity index is 405. The van der Waals surface area contributed by atoms with E-state index in [9.17, 15) is 8.78 Å². The second-order valence-corrected chi connectivity index (χ2v) is 5.12. The van der Waals surface area contributed by atoms with Crippen LogP contribution < -0.4 is 5.32 Å². The number of halogens is 2. The lowest BCUT2D eigenvalue weighted by Gasteiger charge is -2.45. The summed E-state index contributed by atoms with van der Waals surface area (Å²) in [5, 5.41) is 3.49. The standard InChI is InChI=1S/C15H21F2N/c1-3-8-18-14-9-12(10(14)4-2)11-6-5-7-13(16)15(11)17/h5-7,10,12,14,18H,3-4,8-9H2,1-2H3. The predicted octanol–water partition coefficient (Wildman–Crippen LogP) is 3.85. The first-order chi connectivity index (χ1) is 8.69. The Balaban J connectivity index is 2.09. The molecule has 1 saturated carbocycles. The van der Waals surface area contributed by atoms with Crippen LogP contribution in [0.25, 0.3) is 0 Å². The van der Waals surface area contributed by atoms with Crippen LogP contribution >= 0.6 is 0 Å². The van der Waals surface area contributed by atoms with Gasteiger partial charge in [0.05, 0.1) is 0 Å². The van der Waals surface area contributed by atoms with E-state index in [2.05, 4.69) is 19.2 Å². The molecule has 1 N–H and O–H groups in total. The van der Waals surface area contributed by atoms with Crippen molar-refractivity contribution in [2.75, 3.05) is 6.54 Å². The summed E-state index contributed by atoms with van der Waals surface area (Å²) < 4.78 is 27.0. The fraction of sp³-hybridized carbons (Fsp3) is 0.600. The highest BCUT2D eigenvalue weighted by molar-refractivity contribution is 5.27. The van der Waals surface area contributed by atoms with Gasteiger partial charge in [-0.15, -0.1) is 0 Å². The van der Waals surface area contributed by atoms with Gasteiger partial charge in [0.25, 0.3) is 0 Å². The summed E-state index contributed by atoms with van der Waals surface area (Å²) in [5.74, 6) is -0.796. The van der Waals surface area contributed by atoms with Gasteiger partial charge >= 0.3 is 0 Å². The van der Waals surface area contributed by atoms with Gasteiger partial charge in [-0.05, 0) is 42.9 Å². The molecule has 0 aliphatic heterocycles. The molecule has 100 valence electrons. The van der Waals surface area contributed by atoms with Gasteiger partial charge < -0.3 is 5.32 Å². The molecule has 2 rings (SSSR count). The van der Waals surface area contributed by atoms with Gasteiger partial charge in [-0.2, -0.15) is 0 Å². The smallest absolute Gasteiger partial charge is 0.162 e. The minimum absolute atomic E-state index is 0.167. The Morgan fingerprint density at radius 2 is 2.06 bits per heavy atom. The summed E-state index contributed by atoms with van der Waals surface area (Å²) in [4.78, 5) is 0. The van der Waals surface area contributed by atoms with Crippen molar-refractivity contribution in [3.63, 3.8) is 0 Å². The van der Waals surface area contributed by atoms with E-state index in [0.29, 0.717) is 17.5 Å². The molecule has 0 spiro atoms. The Morgan fingerprint density at radius 1 is 1.28 bits per heavy atom. The normalized spacial score (nSPS) is 27.0. The Kier molecular flexibility index (Phi) is 4.33. The first kappa shape index (κ1) is 13.5. The molecule has 3 atom stereocenters. The van der Waals surface area contributed by atoms with E-state index in [1.54, 1.807) is 12.1 Å². The van der Waals surface area contributed by atoms with Gasteiger partial charge in [-0.3, -0.25) is 0 Å². The summed E-state index contributed by atoms with van der Waals surface area (Å²) in [6.45, 7) is 5.25. The predicted molar refractivity (Wildman–Crippen MR) is 69.6 cm³/mol. The van der Waals surface area contributed by atoms with E-state index in [-0.39, 0.29) is 5.92 Å². The number of nitrogens with one attached hydrogen (secondary N) is 1. The molecule has 18 heavy (non-hydrogen) atoms. The summed E-state index contributed by atoms with van der Waals surface area (Å²) in [6.07, 6.45) is 3.02. The largest absolute Gasteiger partial charge is 0.314 e. The Labute approximate surface area is 108 Å². The van der Waals surface area contributed by atoms with E-state index in [1.165, 1.54) is 6.07 Å². The molecule has 0 radical (unpaired) electrons. The number of benzene rings is 1. The first-order valence-electron chi connectivity index (χ1n) is 6.86. The van der Waals surface area contributed by atoms with Crippen LogP contribution in [0.2, 0.25) is 0 Å². The van der Waals surface area contributed by atoms with Crippen LogP contribution in [0.5, 0.6) is 0 Å². The highest BCUT2D eigenvalue weighted by atomic mass is 19.2. The van der Waals surface area contributed by atoms with E-state index >= 15 is 0 Å². The third-order valence-corrected chi connectivity index (χ3v) is 4.05.